The van der Waals surface area contributed by atoms with Gasteiger partial charge in [0.05, 0.1) is 17.1 Å². The summed E-state index contributed by atoms with van der Waals surface area (Å²) in [5.41, 5.74) is 3.12. The Morgan fingerprint density at radius 2 is 1.53 bits per heavy atom. The van der Waals surface area contributed by atoms with Gasteiger partial charge in [0.25, 0.3) is 5.91 Å². The molecule has 0 saturated heterocycles. The third kappa shape index (κ3) is 4.14. The molecular formula is C25H23ClN2O2. The first kappa shape index (κ1) is 21.3. The van der Waals surface area contributed by atoms with E-state index in [0.29, 0.717) is 16.6 Å². The molecule has 0 aliphatic heterocycles. The number of pyridine rings is 1. The molecule has 4 nitrogen and oxygen atoms in total. The average Bonchev–Trinajstić information content (AvgIpc) is 2.78. The molecule has 1 heterocycles. The van der Waals surface area contributed by atoms with E-state index in [9.17, 15) is 9.90 Å². The van der Waals surface area contributed by atoms with Crippen molar-refractivity contribution in [2.45, 2.75) is 19.4 Å². The fraction of sp³-hybridized carbons (Fsp3) is 0.120. The number of rotatable bonds is 5. The third-order valence-electron chi connectivity index (χ3n) is 5.06. The van der Waals surface area contributed by atoms with E-state index in [1.54, 1.807) is 0 Å². The van der Waals surface area contributed by atoms with Crippen molar-refractivity contribution in [3.63, 3.8) is 0 Å². The third-order valence-corrected chi connectivity index (χ3v) is 5.06. The second-order valence-corrected chi connectivity index (χ2v) is 6.91. The van der Waals surface area contributed by atoms with Gasteiger partial charge in [-0.25, -0.2) is 4.98 Å². The Hall–Kier alpha value is -3.37. The lowest BCUT2D eigenvalue weighted by Gasteiger charge is -2.19. The number of hydrogen-bond donors (Lipinski definition) is 2. The minimum atomic E-state index is -0.311. The smallest absolute Gasteiger partial charge is 0.256 e. The number of nitrogens with one attached hydrogen (secondary N) is 1. The Kier molecular flexibility index (Phi) is 6.70. The van der Waals surface area contributed by atoms with Crippen LogP contribution in [-0.4, -0.2) is 16.0 Å². The molecule has 0 aliphatic rings. The zero-order valence-electron chi connectivity index (χ0n) is 16.6. The van der Waals surface area contributed by atoms with Crippen molar-refractivity contribution in [1.82, 2.24) is 10.3 Å². The highest BCUT2D eigenvalue weighted by Gasteiger charge is 2.23. The normalized spacial score (nSPS) is 11.5. The molecular weight excluding hydrogens is 396 g/mol. The number of nitrogens with zero attached hydrogens (tertiary/aromatic N) is 1. The molecule has 1 unspecified atom stereocenters. The highest BCUT2D eigenvalue weighted by atomic mass is 35.5. The predicted molar refractivity (Wildman–Crippen MR) is 123 cm³/mol. The van der Waals surface area contributed by atoms with Crippen molar-refractivity contribution < 1.29 is 9.90 Å². The van der Waals surface area contributed by atoms with Crippen LogP contribution in [0.1, 0.15) is 35.3 Å². The molecule has 3 aromatic carbocycles. The fourth-order valence-corrected chi connectivity index (χ4v) is 3.57. The minimum Gasteiger partial charge on any atom is -0.505 e. The summed E-state index contributed by atoms with van der Waals surface area (Å²) >= 11 is 0. The number of hydrogen-bond acceptors (Lipinski definition) is 3. The minimum absolute atomic E-state index is 0. The second-order valence-electron chi connectivity index (χ2n) is 6.91. The van der Waals surface area contributed by atoms with Crippen molar-refractivity contribution in [1.29, 1.82) is 0 Å². The molecule has 0 saturated carbocycles. The molecule has 0 radical (unpaired) electrons. The highest BCUT2D eigenvalue weighted by Crippen LogP contribution is 2.35. The first-order valence-electron chi connectivity index (χ1n) is 9.72. The van der Waals surface area contributed by atoms with E-state index in [0.717, 1.165) is 17.5 Å². The van der Waals surface area contributed by atoms with Gasteiger partial charge in [0.1, 0.15) is 5.69 Å². The lowest BCUT2D eigenvalue weighted by atomic mass is 10.00. The van der Waals surface area contributed by atoms with Crippen LogP contribution in [-0.2, 0) is 0 Å². The number of aromatic nitrogens is 1. The summed E-state index contributed by atoms with van der Waals surface area (Å²) in [4.78, 5) is 17.9. The molecule has 1 atom stereocenters. The molecule has 4 aromatic rings. The topological polar surface area (TPSA) is 62.2 Å². The van der Waals surface area contributed by atoms with Crippen LogP contribution < -0.4 is 5.32 Å². The van der Waals surface area contributed by atoms with Crippen molar-refractivity contribution in [3.05, 3.63) is 96.1 Å². The van der Waals surface area contributed by atoms with Gasteiger partial charge in [0.2, 0.25) is 0 Å². The molecule has 0 aliphatic carbocycles. The van der Waals surface area contributed by atoms with Gasteiger partial charge < -0.3 is 10.4 Å². The quantitative estimate of drug-likeness (QED) is 0.423. The van der Waals surface area contributed by atoms with Gasteiger partial charge in [-0.2, -0.15) is 0 Å². The monoisotopic (exact) mass is 418 g/mol. The maximum Gasteiger partial charge on any atom is 0.256 e. The molecule has 2 N–H and O–H groups in total. The maximum absolute atomic E-state index is 13.3. The summed E-state index contributed by atoms with van der Waals surface area (Å²) in [6, 6.07) is 26.5. The van der Waals surface area contributed by atoms with Crippen molar-refractivity contribution in [3.8, 4) is 17.0 Å². The van der Waals surface area contributed by atoms with Gasteiger partial charge in [0, 0.05) is 10.9 Å². The summed E-state index contributed by atoms with van der Waals surface area (Å²) in [5, 5.41) is 14.8. The zero-order valence-corrected chi connectivity index (χ0v) is 17.4. The second kappa shape index (κ2) is 9.42. The van der Waals surface area contributed by atoms with E-state index >= 15 is 0 Å². The van der Waals surface area contributed by atoms with Crippen molar-refractivity contribution in [2.24, 2.45) is 0 Å². The van der Waals surface area contributed by atoms with Crippen LogP contribution >= 0.6 is 12.4 Å². The number of carbonyl (C=O) groups is 1. The highest BCUT2D eigenvalue weighted by molar-refractivity contribution is 6.10. The molecule has 0 fully saturated rings. The summed E-state index contributed by atoms with van der Waals surface area (Å²) in [7, 11) is 0. The zero-order chi connectivity index (χ0) is 20.2. The number of amides is 1. The van der Waals surface area contributed by atoms with Gasteiger partial charge in [0.15, 0.2) is 5.75 Å². The largest absolute Gasteiger partial charge is 0.505 e. The molecule has 0 bridgehead atoms. The predicted octanol–water partition coefficient (Wildman–Crippen LogP) is 5.91. The van der Waals surface area contributed by atoms with Crippen molar-refractivity contribution in [2.75, 3.05) is 0 Å². The maximum atomic E-state index is 13.3. The van der Waals surface area contributed by atoms with Gasteiger partial charge in [-0.15, -0.1) is 12.4 Å². The molecule has 4 rings (SSSR count). The molecule has 30 heavy (non-hydrogen) atoms. The van der Waals surface area contributed by atoms with Crippen LogP contribution in [0.15, 0.2) is 84.9 Å². The van der Waals surface area contributed by atoms with Crippen molar-refractivity contribution >= 4 is 29.2 Å². The number of fused-ring (bicyclic) bond motifs is 1. The summed E-state index contributed by atoms with van der Waals surface area (Å²) < 4.78 is 0. The molecule has 152 valence electrons. The SMILES string of the molecule is CCC(NC(=O)c1c(O)c(-c2ccccc2)nc2ccccc12)c1ccccc1.Cl. The van der Waals surface area contributed by atoms with Gasteiger partial charge >= 0.3 is 0 Å². The van der Waals surface area contributed by atoms with E-state index in [1.807, 2.05) is 91.9 Å². The van der Waals surface area contributed by atoms with E-state index in [2.05, 4.69) is 10.3 Å². The summed E-state index contributed by atoms with van der Waals surface area (Å²) in [5.74, 6) is -0.413. The molecule has 5 heteroatoms. The van der Waals surface area contributed by atoms with Crippen LogP contribution in [0.25, 0.3) is 22.2 Å². The lowest BCUT2D eigenvalue weighted by Crippen LogP contribution is -2.28. The fourth-order valence-electron chi connectivity index (χ4n) is 3.57. The Balaban J connectivity index is 0.00000256. The van der Waals surface area contributed by atoms with E-state index in [4.69, 9.17) is 0 Å². The number of para-hydroxylation sites is 1. The first-order chi connectivity index (χ1) is 14.2. The number of carbonyl (C=O) groups excluding carboxylic acids is 1. The Bertz CT molecular complexity index is 1150. The van der Waals surface area contributed by atoms with Gasteiger partial charge in [-0.1, -0.05) is 85.8 Å². The van der Waals surface area contributed by atoms with E-state index in [-0.39, 0.29) is 35.7 Å². The Morgan fingerprint density at radius 1 is 0.933 bits per heavy atom. The number of benzene rings is 3. The molecule has 1 amide bonds. The van der Waals surface area contributed by atoms with Gasteiger partial charge in [-0.05, 0) is 18.1 Å². The molecule has 0 spiro atoms. The molecule has 1 aromatic heterocycles. The Morgan fingerprint density at radius 3 is 2.20 bits per heavy atom. The number of aromatic hydroxyl groups is 1. The van der Waals surface area contributed by atoms with Crippen LogP contribution in [0.3, 0.4) is 0 Å². The van der Waals surface area contributed by atoms with Crippen LogP contribution in [0.4, 0.5) is 0 Å². The summed E-state index contributed by atoms with van der Waals surface area (Å²) in [6.45, 7) is 2.03. The standard InChI is InChI=1S/C25H22N2O2.ClH/c1-2-20(17-11-5-3-6-12-17)27-25(29)22-19-15-9-10-16-21(19)26-23(24(22)28)18-13-7-4-8-14-18;/h3-16,20,28H,2H2,1H3,(H,27,29);1H. The van der Waals surface area contributed by atoms with Gasteiger partial charge in [-0.3, -0.25) is 4.79 Å². The number of halogens is 1. The average molecular weight is 419 g/mol. The Labute approximate surface area is 182 Å². The first-order valence-corrected chi connectivity index (χ1v) is 9.72. The lowest BCUT2D eigenvalue weighted by molar-refractivity contribution is 0.0934. The van der Waals surface area contributed by atoms with E-state index < -0.39 is 0 Å². The van der Waals surface area contributed by atoms with Crippen LogP contribution in [0.2, 0.25) is 0 Å². The summed E-state index contributed by atoms with van der Waals surface area (Å²) in [6.07, 6.45) is 0.741. The van der Waals surface area contributed by atoms with Crippen LogP contribution in [0.5, 0.6) is 5.75 Å². The van der Waals surface area contributed by atoms with Crippen LogP contribution in [0, 0.1) is 0 Å². The van der Waals surface area contributed by atoms with E-state index in [1.165, 1.54) is 0 Å².